The molecule has 0 aromatic rings. The fourth-order valence-corrected chi connectivity index (χ4v) is 10.3. The van der Waals surface area contributed by atoms with Crippen molar-refractivity contribution in [2.24, 2.45) is 0 Å². The normalized spacial score (nSPS) is 12.8. The predicted octanol–water partition coefficient (Wildman–Crippen LogP) is 21.1. The third-order valence-electron chi connectivity index (χ3n) is 15.4. The molecule has 0 aromatic heterocycles. The molecule has 0 fully saturated rings. The number of aliphatic hydroxyl groups excluding tert-OH is 2. The van der Waals surface area contributed by atoms with Gasteiger partial charge in [-0.1, -0.05) is 301 Å². The van der Waals surface area contributed by atoms with E-state index in [4.69, 9.17) is 4.74 Å². The second-order valence-electron chi connectivity index (χ2n) is 22.8. The van der Waals surface area contributed by atoms with Crippen molar-refractivity contribution in [2.75, 3.05) is 13.2 Å². The van der Waals surface area contributed by atoms with Gasteiger partial charge in [0.2, 0.25) is 5.91 Å². The number of amides is 1. The number of ether oxygens (including phenoxy) is 1. The Labute approximate surface area is 462 Å². The van der Waals surface area contributed by atoms with Crippen molar-refractivity contribution >= 4 is 11.9 Å². The molecule has 2 unspecified atom stereocenters. The first kappa shape index (κ1) is 72.1. The van der Waals surface area contributed by atoms with Crippen LogP contribution in [0, 0.1) is 0 Å². The quantitative estimate of drug-likeness (QED) is 0.0320. The van der Waals surface area contributed by atoms with Crippen molar-refractivity contribution in [1.29, 1.82) is 0 Å². The van der Waals surface area contributed by atoms with Crippen LogP contribution in [-0.2, 0) is 14.3 Å². The molecule has 6 heteroatoms. The van der Waals surface area contributed by atoms with Crippen molar-refractivity contribution in [3.63, 3.8) is 0 Å². The van der Waals surface area contributed by atoms with Crippen LogP contribution in [0.4, 0.5) is 0 Å². The number of aliphatic hydroxyl groups is 2. The van der Waals surface area contributed by atoms with Crippen LogP contribution in [-0.4, -0.2) is 47.4 Å². The summed E-state index contributed by atoms with van der Waals surface area (Å²) in [5.41, 5.74) is 0. The van der Waals surface area contributed by atoms with E-state index in [0.717, 1.165) is 51.4 Å². The number of unbranched alkanes of at least 4 members (excludes halogenated alkanes) is 45. The molecule has 1 amide bonds. The summed E-state index contributed by atoms with van der Waals surface area (Å²) >= 11 is 0. The van der Waals surface area contributed by atoms with E-state index in [1.165, 1.54) is 276 Å². The van der Waals surface area contributed by atoms with Crippen LogP contribution in [0.3, 0.4) is 0 Å². The van der Waals surface area contributed by atoms with E-state index in [-0.39, 0.29) is 18.5 Å². The number of carbonyl (C=O) groups excluding carboxylic acids is 2. The fraction of sp³-hybridized carbons (Fsp3) is 0.882. The van der Waals surface area contributed by atoms with Gasteiger partial charge in [0.1, 0.15) is 0 Å². The van der Waals surface area contributed by atoms with E-state index in [9.17, 15) is 19.8 Å². The minimum atomic E-state index is -0.660. The highest BCUT2D eigenvalue weighted by Crippen LogP contribution is 2.18. The number of hydrogen-bond donors (Lipinski definition) is 3. The molecule has 0 radical (unpaired) electrons. The van der Waals surface area contributed by atoms with Crippen molar-refractivity contribution < 1.29 is 24.5 Å². The molecule has 0 spiro atoms. The lowest BCUT2D eigenvalue weighted by Crippen LogP contribution is -2.45. The molecule has 0 rings (SSSR count). The van der Waals surface area contributed by atoms with Gasteiger partial charge in [0, 0.05) is 12.8 Å². The Morgan fingerprint density at radius 2 is 0.676 bits per heavy atom. The highest BCUT2D eigenvalue weighted by molar-refractivity contribution is 5.76. The lowest BCUT2D eigenvalue weighted by molar-refractivity contribution is -0.143. The van der Waals surface area contributed by atoms with Gasteiger partial charge >= 0.3 is 5.97 Å². The SMILES string of the molecule is CCCCC/C=C\C/C=C\CCCCCCCC(=O)OCCCCCCCCCCCCCC/C=C\CCCCCCCCCCCCCCCCCCC(=O)NC(CO)C(O)CCCCCCCCCCCC. The minimum absolute atomic E-state index is 0.00418. The van der Waals surface area contributed by atoms with Gasteiger partial charge in [-0.3, -0.25) is 9.59 Å². The number of hydrogen-bond acceptors (Lipinski definition) is 5. The molecule has 0 aliphatic heterocycles. The van der Waals surface area contributed by atoms with Gasteiger partial charge in [-0.05, 0) is 83.5 Å². The van der Waals surface area contributed by atoms with Crippen LogP contribution in [0.25, 0.3) is 0 Å². The van der Waals surface area contributed by atoms with Gasteiger partial charge in [0.25, 0.3) is 0 Å². The predicted molar refractivity (Wildman–Crippen MR) is 324 cm³/mol. The van der Waals surface area contributed by atoms with Gasteiger partial charge < -0.3 is 20.3 Å². The van der Waals surface area contributed by atoms with Crippen molar-refractivity contribution in [3.8, 4) is 0 Å². The van der Waals surface area contributed by atoms with Crippen LogP contribution in [0.15, 0.2) is 36.5 Å². The minimum Gasteiger partial charge on any atom is -0.466 e. The average molecular weight is 1040 g/mol. The summed E-state index contributed by atoms with van der Waals surface area (Å²) < 4.78 is 5.48. The Morgan fingerprint density at radius 1 is 0.378 bits per heavy atom. The first-order chi connectivity index (χ1) is 36.5. The number of esters is 1. The van der Waals surface area contributed by atoms with E-state index < -0.39 is 12.1 Å². The lowest BCUT2D eigenvalue weighted by atomic mass is 10.0. The standard InChI is InChI=1S/C68H129NO5/c1-3-5-7-9-11-13-15-16-35-39-42-46-50-54-58-62-68(73)74-63-59-55-51-47-43-40-37-34-32-30-28-26-24-22-20-18-17-19-21-23-25-27-29-31-33-36-38-41-45-49-53-57-61-67(72)69-65(64-70)66(71)60-56-52-48-44-14-12-10-8-6-4-2/h11,13,16,20,22,35,65-66,70-71H,3-10,12,14-15,17-19,21,23-34,36-64H2,1-2H3,(H,69,72)/b13-11-,22-20-,35-16-. The molecule has 0 saturated carbocycles. The van der Waals surface area contributed by atoms with E-state index in [1.807, 2.05) is 0 Å². The molecular weight excluding hydrogens is 911 g/mol. The van der Waals surface area contributed by atoms with E-state index in [2.05, 4.69) is 55.6 Å². The van der Waals surface area contributed by atoms with Crippen molar-refractivity contribution in [1.82, 2.24) is 5.32 Å². The number of carbonyl (C=O) groups is 2. The van der Waals surface area contributed by atoms with Crippen LogP contribution in [0.1, 0.15) is 361 Å². The molecule has 0 aliphatic carbocycles. The van der Waals surface area contributed by atoms with Crippen LogP contribution in [0.5, 0.6) is 0 Å². The van der Waals surface area contributed by atoms with Gasteiger partial charge in [-0.15, -0.1) is 0 Å². The van der Waals surface area contributed by atoms with Gasteiger partial charge in [-0.25, -0.2) is 0 Å². The third kappa shape index (κ3) is 59.3. The summed E-state index contributed by atoms with van der Waals surface area (Å²) in [6.45, 7) is 4.92. The first-order valence-electron chi connectivity index (χ1n) is 33.2. The lowest BCUT2D eigenvalue weighted by Gasteiger charge is -2.22. The summed E-state index contributed by atoms with van der Waals surface area (Å²) in [5, 5.41) is 23.2. The topological polar surface area (TPSA) is 95.9 Å². The molecule has 0 bridgehead atoms. The van der Waals surface area contributed by atoms with Crippen molar-refractivity contribution in [2.45, 2.75) is 373 Å². The Hall–Kier alpha value is -1.92. The fourth-order valence-electron chi connectivity index (χ4n) is 10.3. The average Bonchev–Trinajstić information content (AvgIpc) is 3.40. The smallest absolute Gasteiger partial charge is 0.305 e. The maximum absolute atomic E-state index is 12.4. The van der Waals surface area contributed by atoms with Crippen LogP contribution < -0.4 is 5.32 Å². The monoisotopic (exact) mass is 1040 g/mol. The highest BCUT2D eigenvalue weighted by atomic mass is 16.5. The third-order valence-corrected chi connectivity index (χ3v) is 15.4. The molecule has 436 valence electrons. The van der Waals surface area contributed by atoms with Crippen LogP contribution >= 0.6 is 0 Å². The van der Waals surface area contributed by atoms with E-state index in [1.54, 1.807) is 0 Å². The highest BCUT2D eigenvalue weighted by Gasteiger charge is 2.20. The molecule has 2 atom stereocenters. The summed E-state index contributed by atoms with van der Waals surface area (Å²) in [5.74, 6) is -0.0288. The summed E-state index contributed by atoms with van der Waals surface area (Å²) in [6, 6.07) is -0.537. The van der Waals surface area contributed by atoms with E-state index in [0.29, 0.717) is 25.9 Å². The molecule has 0 saturated heterocycles. The van der Waals surface area contributed by atoms with Gasteiger partial charge in [-0.2, -0.15) is 0 Å². The Morgan fingerprint density at radius 3 is 1.07 bits per heavy atom. The first-order valence-corrected chi connectivity index (χ1v) is 33.2. The zero-order valence-electron chi connectivity index (χ0n) is 49.8. The number of allylic oxidation sites excluding steroid dienone is 6. The van der Waals surface area contributed by atoms with Crippen LogP contribution in [0.2, 0.25) is 0 Å². The Kier molecular flexibility index (Phi) is 62.0. The molecule has 0 aromatic carbocycles. The number of nitrogens with one attached hydrogen (secondary N) is 1. The molecule has 0 heterocycles. The zero-order chi connectivity index (χ0) is 53.6. The van der Waals surface area contributed by atoms with Crippen molar-refractivity contribution in [3.05, 3.63) is 36.5 Å². The molecule has 6 nitrogen and oxygen atoms in total. The molecule has 0 aliphatic rings. The summed E-state index contributed by atoms with van der Waals surface area (Å²) in [6.07, 6.45) is 80.5. The van der Waals surface area contributed by atoms with Gasteiger partial charge in [0.05, 0.1) is 25.4 Å². The maximum Gasteiger partial charge on any atom is 0.305 e. The maximum atomic E-state index is 12.4. The Bertz CT molecular complexity index is 1200. The van der Waals surface area contributed by atoms with E-state index >= 15 is 0 Å². The zero-order valence-corrected chi connectivity index (χ0v) is 49.8. The number of rotatable bonds is 62. The summed E-state index contributed by atoms with van der Waals surface area (Å²) in [7, 11) is 0. The van der Waals surface area contributed by atoms with Gasteiger partial charge in [0.15, 0.2) is 0 Å². The second-order valence-corrected chi connectivity index (χ2v) is 22.8. The largest absolute Gasteiger partial charge is 0.466 e. The molecular formula is C68H129NO5. The second kappa shape index (κ2) is 63.6. The molecule has 74 heavy (non-hydrogen) atoms. The Balaban J connectivity index is 3.33. The summed E-state index contributed by atoms with van der Waals surface area (Å²) in [4.78, 5) is 24.5. The molecule has 3 N–H and O–H groups in total.